The van der Waals surface area contributed by atoms with Crippen LogP contribution in [0.3, 0.4) is 0 Å². The second-order valence-corrected chi connectivity index (χ2v) is 7.19. The van der Waals surface area contributed by atoms with Gasteiger partial charge in [-0.2, -0.15) is 0 Å². The van der Waals surface area contributed by atoms with Gasteiger partial charge in [0.1, 0.15) is 6.54 Å². The summed E-state index contributed by atoms with van der Waals surface area (Å²) in [5.74, 6) is 1.76. The Labute approximate surface area is 150 Å². The number of hydrogen-bond donors (Lipinski definition) is 1. The van der Waals surface area contributed by atoms with Crippen molar-refractivity contribution < 1.29 is 14.3 Å². The molecule has 2 aliphatic heterocycles. The number of carbonyl (C=O) groups is 2. The molecule has 0 aromatic heterocycles. The zero-order valence-electron chi connectivity index (χ0n) is 15.8. The van der Waals surface area contributed by atoms with Gasteiger partial charge in [0.2, 0.25) is 11.8 Å². The lowest BCUT2D eigenvalue weighted by atomic mass is 9.91. The number of rotatable bonds is 5. The molecule has 2 aliphatic rings. The molecule has 8 nitrogen and oxygen atoms in total. The molecule has 0 aromatic carbocycles. The maximum absolute atomic E-state index is 11.9. The van der Waals surface area contributed by atoms with Crippen molar-refractivity contribution in [2.75, 3.05) is 67.6 Å². The maximum atomic E-state index is 11.9. The molecular weight excluding hydrogens is 322 g/mol. The highest BCUT2D eigenvalue weighted by atomic mass is 16.5. The van der Waals surface area contributed by atoms with Crippen molar-refractivity contribution in [3.05, 3.63) is 0 Å². The summed E-state index contributed by atoms with van der Waals surface area (Å²) in [6, 6.07) is 0. The monoisotopic (exact) mass is 353 g/mol. The van der Waals surface area contributed by atoms with E-state index >= 15 is 0 Å². The van der Waals surface area contributed by atoms with E-state index in [4.69, 9.17) is 4.74 Å². The summed E-state index contributed by atoms with van der Waals surface area (Å²) in [4.78, 5) is 33.4. The van der Waals surface area contributed by atoms with Crippen LogP contribution in [0.15, 0.2) is 4.99 Å². The van der Waals surface area contributed by atoms with Gasteiger partial charge in [-0.3, -0.25) is 9.59 Å². The lowest BCUT2D eigenvalue weighted by molar-refractivity contribution is -0.127. The molecule has 2 heterocycles. The molecule has 0 bridgehead atoms. The Balaban J connectivity index is 1.98. The normalized spacial score (nSPS) is 23.7. The molecule has 0 aliphatic carbocycles. The number of hydrogen-bond acceptors (Lipinski definition) is 4. The molecule has 0 aromatic rings. The van der Waals surface area contributed by atoms with Crippen LogP contribution in [0.25, 0.3) is 0 Å². The molecule has 2 atom stereocenters. The van der Waals surface area contributed by atoms with Gasteiger partial charge in [-0.1, -0.05) is 0 Å². The summed E-state index contributed by atoms with van der Waals surface area (Å²) < 4.78 is 5.51. The van der Waals surface area contributed by atoms with Gasteiger partial charge in [0.25, 0.3) is 0 Å². The van der Waals surface area contributed by atoms with E-state index < -0.39 is 0 Å². The summed E-state index contributed by atoms with van der Waals surface area (Å²) in [6.45, 7) is 3.74. The third-order valence-corrected chi connectivity index (χ3v) is 4.92. The SMILES string of the molecule is CN(C)C(=O)CN=C(NCC(=O)N(C)C)N1CCC(C2CCOC2)C1. The van der Waals surface area contributed by atoms with Crippen LogP contribution >= 0.6 is 0 Å². The van der Waals surface area contributed by atoms with Gasteiger partial charge in [0.05, 0.1) is 6.54 Å². The van der Waals surface area contributed by atoms with E-state index in [1.54, 1.807) is 28.2 Å². The number of guanidine groups is 1. The zero-order valence-corrected chi connectivity index (χ0v) is 15.8. The van der Waals surface area contributed by atoms with E-state index in [1.165, 1.54) is 9.80 Å². The van der Waals surface area contributed by atoms with Crippen molar-refractivity contribution in [3.8, 4) is 0 Å². The number of carbonyl (C=O) groups excluding carboxylic acids is 2. The number of ether oxygens (including phenoxy) is 1. The molecule has 0 radical (unpaired) electrons. The third kappa shape index (κ3) is 5.59. The highest BCUT2D eigenvalue weighted by Gasteiger charge is 2.33. The predicted molar refractivity (Wildman–Crippen MR) is 96.3 cm³/mol. The number of likely N-dealkylation sites (tertiary alicyclic amines) is 1. The lowest BCUT2D eigenvalue weighted by Gasteiger charge is -2.24. The first-order valence-electron chi connectivity index (χ1n) is 8.89. The standard InChI is InChI=1S/C17H31N5O3/c1-20(2)15(23)9-18-17(19-10-16(24)21(3)4)22-7-5-13(11-22)14-6-8-25-12-14/h13-14H,5-12H2,1-4H3,(H,18,19). The Morgan fingerprint density at radius 3 is 2.44 bits per heavy atom. The first-order chi connectivity index (χ1) is 11.9. The van der Waals surface area contributed by atoms with Crippen molar-refractivity contribution >= 4 is 17.8 Å². The number of nitrogens with zero attached hydrogens (tertiary/aromatic N) is 4. The van der Waals surface area contributed by atoms with Crippen molar-refractivity contribution in [1.82, 2.24) is 20.0 Å². The smallest absolute Gasteiger partial charge is 0.243 e. The van der Waals surface area contributed by atoms with Crippen LogP contribution in [0, 0.1) is 11.8 Å². The first kappa shape index (κ1) is 19.5. The second-order valence-electron chi connectivity index (χ2n) is 7.19. The topological polar surface area (TPSA) is 77.5 Å². The minimum Gasteiger partial charge on any atom is -0.381 e. The Hall–Kier alpha value is -1.83. The highest BCUT2D eigenvalue weighted by Crippen LogP contribution is 2.29. The minimum absolute atomic E-state index is 0.0217. The van der Waals surface area contributed by atoms with Crippen molar-refractivity contribution in [1.29, 1.82) is 0 Å². The van der Waals surface area contributed by atoms with Crippen LogP contribution in [0.2, 0.25) is 0 Å². The summed E-state index contributed by atoms with van der Waals surface area (Å²) >= 11 is 0. The van der Waals surface area contributed by atoms with Gasteiger partial charge in [0.15, 0.2) is 5.96 Å². The van der Waals surface area contributed by atoms with Gasteiger partial charge in [-0.05, 0) is 24.7 Å². The van der Waals surface area contributed by atoms with E-state index in [9.17, 15) is 9.59 Å². The zero-order chi connectivity index (χ0) is 18.4. The van der Waals surface area contributed by atoms with Crippen molar-refractivity contribution in [3.63, 3.8) is 0 Å². The largest absolute Gasteiger partial charge is 0.381 e. The number of likely N-dealkylation sites (N-methyl/N-ethyl adjacent to an activating group) is 2. The fraction of sp³-hybridized carbons (Fsp3) is 0.824. The van der Waals surface area contributed by atoms with Crippen molar-refractivity contribution in [2.45, 2.75) is 12.8 Å². The molecule has 2 unspecified atom stereocenters. The Morgan fingerprint density at radius 2 is 1.84 bits per heavy atom. The Morgan fingerprint density at radius 1 is 1.12 bits per heavy atom. The molecule has 2 fully saturated rings. The number of amides is 2. The van der Waals surface area contributed by atoms with E-state index in [2.05, 4.69) is 15.2 Å². The van der Waals surface area contributed by atoms with Crippen LogP contribution < -0.4 is 5.32 Å². The predicted octanol–water partition coefficient (Wildman–Crippen LogP) is -0.533. The van der Waals surface area contributed by atoms with Gasteiger partial charge >= 0.3 is 0 Å². The average Bonchev–Trinajstić information content (AvgIpc) is 3.25. The molecule has 0 saturated carbocycles. The van der Waals surface area contributed by atoms with E-state index in [-0.39, 0.29) is 24.9 Å². The third-order valence-electron chi connectivity index (χ3n) is 4.92. The summed E-state index contributed by atoms with van der Waals surface area (Å²) in [6.07, 6.45) is 2.22. The fourth-order valence-electron chi connectivity index (χ4n) is 3.15. The van der Waals surface area contributed by atoms with Gasteiger partial charge in [0, 0.05) is 54.5 Å². The molecule has 2 rings (SSSR count). The molecule has 1 N–H and O–H groups in total. The van der Waals surface area contributed by atoms with E-state index in [1.807, 2.05) is 0 Å². The summed E-state index contributed by atoms with van der Waals surface area (Å²) in [5, 5.41) is 3.13. The Kier molecular flexibility index (Phi) is 7.04. The van der Waals surface area contributed by atoms with Crippen LogP contribution in [0.1, 0.15) is 12.8 Å². The van der Waals surface area contributed by atoms with Crippen LogP contribution in [-0.4, -0.2) is 100 Å². The summed E-state index contributed by atoms with van der Waals surface area (Å²) in [5.41, 5.74) is 0. The molecule has 142 valence electrons. The van der Waals surface area contributed by atoms with Crippen LogP contribution in [0.5, 0.6) is 0 Å². The van der Waals surface area contributed by atoms with Crippen LogP contribution in [0.4, 0.5) is 0 Å². The number of aliphatic imine (C=N–C) groups is 1. The lowest BCUT2D eigenvalue weighted by Crippen LogP contribution is -2.45. The number of nitrogens with one attached hydrogen (secondary N) is 1. The van der Waals surface area contributed by atoms with Gasteiger partial charge in [-0.15, -0.1) is 0 Å². The minimum atomic E-state index is -0.0572. The Bertz CT molecular complexity index is 501. The fourth-order valence-corrected chi connectivity index (χ4v) is 3.15. The van der Waals surface area contributed by atoms with E-state index in [0.29, 0.717) is 17.8 Å². The molecule has 2 saturated heterocycles. The summed E-state index contributed by atoms with van der Waals surface area (Å²) in [7, 11) is 6.88. The molecular formula is C17H31N5O3. The van der Waals surface area contributed by atoms with Gasteiger partial charge < -0.3 is 24.8 Å². The van der Waals surface area contributed by atoms with Gasteiger partial charge in [-0.25, -0.2) is 4.99 Å². The molecule has 8 heteroatoms. The second kappa shape index (κ2) is 9.03. The molecule has 2 amide bonds. The average molecular weight is 353 g/mol. The van der Waals surface area contributed by atoms with Crippen molar-refractivity contribution in [2.24, 2.45) is 16.8 Å². The van der Waals surface area contributed by atoms with E-state index in [0.717, 1.165) is 39.1 Å². The first-order valence-corrected chi connectivity index (χ1v) is 8.89. The molecule has 0 spiro atoms. The van der Waals surface area contributed by atoms with Crippen LogP contribution in [-0.2, 0) is 14.3 Å². The maximum Gasteiger partial charge on any atom is 0.243 e. The molecule has 25 heavy (non-hydrogen) atoms. The highest BCUT2D eigenvalue weighted by molar-refractivity contribution is 5.88. The quantitative estimate of drug-likeness (QED) is 0.531.